The molecule has 0 unspecified atom stereocenters. The molecule has 130 valence electrons. The van der Waals surface area contributed by atoms with Crippen molar-refractivity contribution in [2.45, 2.75) is 20.8 Å². The van der Waals surface area contributed by atoms with Gasteiger partial charge in [0.25, 0.3) is 5.91 Å². The van der Waals surface area contributed by atoms with E-state index in [2.05, 4.69) is 21.4 Å². The molecular weight excluding hydrogens is 362 g/mol. The Hall–Kier alpha value is -2.57. The summed E-state index contributed by atoms with van der Waals surface area (Å²) in [7, 11) is 0. The van der Waals surface area contributed by atoms with E-state index in [0.717, 1.165) is 43.4 Å². The molecule has 4 nitrogen and oxygen atoms in total. The molecule has 6 heteroatoms. The van der Waals surface area contributed by atoms with E-state index < -0.39 is 0 Å². The van der Waals surface area contributed by atoms with Crippen molar-refractivity contribution in [3.05, 3.63) is 63.7 Å². The van der Waals surface area contributed by atoms with Crippen LogP contribution in [0.25, 0.3) is 20.7 Å². The van der Waals surface area contributed by atoms with Crippen LogP contribution in [0.1, 0.15) is 26.8 Å². The van der Waals surface area contributed by atoms with Gasteiger partial charge in [-0.3, -0.25) is 4.79 Å². The van der Waals surface area contributed by atoms with Crippen molar-refractivity contribution < 1.29 is 4.79 Å². The second kappa shape index (κ2) is 6.63. The van der Waals surface area contributed by atoms with Crippen molar-refractivity contribution in [2.75, 3.05) is 5.32 Å². The normalized spacial score (nSPS) is 11.0. The Morgan fingerprint density at radius 2 is 1.85 bits per heavy atom. The fourth-order valence-corrected chi connectivity index (χ4v) is 5.05. The van der Waals surface area contributed by atoms with E-state index in [1.165, 1.54) is 11.3 Å². The van der Waals surface area contributed by atoms with E-state index >= 15 is 0 Å². The van der Waals surface area contributed by atoms with Gasteiger partial charge in [0.05, 0.1) is 4.88 Å². The summed E-state index contributed by atoms with van der Waals surface area (Å²) in [5.74, 6) is 0.623. The second-order valence-corrected chi connectivity index (χ2v) is 8.02. The van der Waals surface area contributed by atoms with Crippen LogP contribution in [-0.4, -0.2) is 15.9 Å². The molecule has 0 spiro atoms. The molecule has 0 aliphatic carbocycles. The molecule has 0 atom stereocenters. The van der Waals surface area contributed by atoms with Crippen LogP contribution in [0.5, 0.6) is 0 Å². The number of aryl methyl sites for hydroxylation is 3. The summed E-state index contributed by atoms with van der Waals surface area (Å²) < 4.78 is 0. The third-order valence-electron chi connectivity index (χ3n) is 4.25. The Morgan fingerprint density at radius 3 is 2.62 bits per heavy atom. The van der Waals surface area contributed by atoms with Crippen molar-refractivity contribution in [2.24, 2.45) is 0 Å². The van der Waals surface area contributed by atoms with Gasteiger partial charge in [0.2, 0.25) is 0 Å². The number of nitrogens with zero attached hydrogens (tertiary/aromatic N) is 2. The third kappa shape index (κ3) is 2.91. The molecule has 0 radical (unpaired) electrons. The number of aromatic nitrogens is 2. The highest BCUT2D eigenvalue weighted by Gasteiger charge is 2.19. The van der Waals surface area contributed by atoms with E-state index in [0.29, 0.717) is 4.88 Å². The lowest BCUT2D eigenvalue weighted by atomic mass is 10.1. The van der Waals surface area contributed by atoms with Crippen molar-refractivity contribution in [1.29, 1.82) is 0 Å². The quantitative estimate of drug-likeness (QED) is 0.504. The average molecular weight is 380 g/mol. The van der Waals surface area contributed by atoms with Gasteiger partial charge in [0, 0.05) is 27.2 Å². The van der Waals surface area contributed by atoms with Gasteiger partial charge in [0.1, 0.15) is 10.7 Å². The molecule has 3 aromatic heterocycles. The lowest BCUT2D eigenvalue weighted by Crippen LogP contribution is -2.12. The van der Waals surface area contributed by atoms with Crippen LogP contribution in [-0.2, 0) is 0 Å². The van der Waals surface area contributed by atoms with Crippen LogP contribution in [0, 0.1) is 20.8 Å². The second-order valence-electron chi connectivity index (χ2n) is 6.07. The minimum Gasteiger partial charge on any atom is -0.321 e. The molecule has 4 aromatic rings. The van der Waals surface area contributed by atoms with E-state index in [1.54, 1.807) is 11.3 Å². The van der Waals surface area contributed by atoms with E-state index in [-0.39, 0.29) is 5.91 Å². The molecule has 0 fully saturated rings. The number of benzene rings is 1. The predicted octanol–water partition coefficient (Wildman–Crippen LogP) is 5.60. The highest BCUT2D eigenvalue weighted by Crippen LogP contribution is 2.34. The molecule has 0 saturated heterocycles. The van der Waals surface area contributed by atoms with Gasteiger partial charge >= 0.3 is 0 Å². The smallest absolute Gasteiger partial charge is 0.266 e. The summed E-state index contributed by atoms with van der Waals surface area (Å²) in [4.78, 5) is 24.6. The summed E-state index contributed by atoms with van der Waals surface area (Å²) in [5, 5.41) is 6.10. The number of rotatable bonds is 3. The van der Waals surface area contributed by atoms with Crippen LogP contribution in [0.2, 0.25) is 0 Å². The van der Waals surface area contributed by atoms with Crippen molar-refractivity contribution in [3.8, 4) is 10.4 Å². The first-order valence-corrected chi connectivity index (χ1v) is 9.93. The van der Waals surface area contributed by atoms with E-state index in [9.17, 15) is 4.79 Å². The zero-order valence-corrected chi connectivity index (χ0v) is 16.3. The van der Waals surface area contributed by atoms with Crippen LogP contribution in [0.4, 0.5) is 5.69 Å². The van der Waals surface area contributed by atoms with Crippen LogP contribution >= 0.6 is 22.7 Å². The molecular formula is C20H17N3OS2. The summed E-state index contributed by atoms with van der Waals surface area (Å²) in [6.45, 7) is 5.80. The first-order chi connectivity index (χ1) is 12.5. The monoisotopic (exact) mass is 379 g/mol. The molecule has 0 aliphatic rings. The molecule has 0 aliphatic heterocycles. The van der Waals surface area contributed by atoms with Gasteiger partial charge in [-0.2, -0.15) is 0 Å². The van der Waals surface area contributed by atoms with Crippen molar-refractivity contribution in [1.82, 2.24) is 9.97 Å². The Labute approximate surface area is 159 Å². The largest absolute Gasteiger partial charge is 0.321 e. The lowest BCUT2D eigenvalue weighted by Gasteiger charge is -2.09. The number of hydrogen-bond acceptors (Lipinski definition) is 5. The fourth-order valence-electron chi connectivity index (χ4n) is 3.11. The Balaban J connectivity index is 1.74. The standard InChI is InChI=1S/C20H17N3OS2/c1-11-17-12(2)21-13(3)22-20(17)26-18(11)19(24)23-15-8-5-4-7-14(15)16-9-6-10-25-16/h4-10H,1-3H3,(H,23,24). The maximum absolute atomic E-state index is 13.0. The average Bonchev–Trinajstić information content (AvgIpc) is 3.23. The zero-order chi connectivity index (χ0) is 18.3. The molecule has 4 rings (SSSR count). The molecule has 0 bridgehead atoms. The Bertz CT molecular complexity index is 1110. The SMILES string of the molecule is Cc1nc(C)c2c(C)c(C(=O)Nc3ccccc3-c3cccs3)sc2n1. The number of hydrogen-bond donors (Lipinski definition) is 1. The predicted molar refractivity (Wildman–Crippen MR) is 109 cm³/mol. The van der Waals surface area contributed by atoms with Crippen LogP contribution in [0.3, 0.4) is 0 Å². The first kappa shape index (κ1) is 16.9. The number of para-hydroxylation sites is 1. The molecule has 3 heterocycles. The number of fused-ring (bicyclic) bond motifs is 1. The van der Waals surface area contributed by atoms with Gasteiger partial charge in [-0.05, 0) is 43.8 Å². The molecule has 0 saturated carbocycles. The molecule has 1 aromatic carbocycles. The maximum atomic E-state index is 13.0. The van der Waals surface area contributed by atoms with Crippen molar-refractivity contribution in [3.63, 3.8) is 0 Å². The van der Waals surface area contributed by atoms with Gasteiger partial charge < -0.3 is 5.32 Å². The van der Waals surface area contributed by atoms with E-state index in [4.69, 9.17) is 0 Å². The number of anilines is 1. The summed E-state index contributed by atoms with van der Waals surface area (Å²) in [6.07, 6.45) is 0. The number of carbonyl (C=O) groups excluding carboxylic acids is 1. The molecule has 1 N–H and O–H groups in total. The fraction of sp³-hybridized carbons (Fsp3) is 0.150. The number of amides is 1. The van der Waals surface area contributed by atoms with Gasteiger partial charge in [-0.1, -0.05) is 24.3 Å². The zero-order valence-electron chi connectivity index (χ0n) is 14.7. The molecule has 1 amide bonds. The highest BCUT2D eigenvalue weighted by molar-refractivity contribution is 7.20. The summed E-state index contributed by atoms with van der Waals surface area (Å²) >= 11 is 3.08. The number of nitrogens with one attached hydrogen (secondary N) is 1. The number of thiophene rings is 2. The van der Waals surface area contributed by atoms with E-state index in [1.807, 2.05) is 56.5 Å². The lowest BCUT2D eigenvalue weighted by molar-refractivity contribution is 0.103. The number of carbonyl (C=O) groups is 1. The van der Waals surface area contributed by atoms with Crippen LogP contribution in [0.15, 0.2) is 41.8 Å². The van der Waals surface area contributed by atoms with Gasteiger partial charge in [-0.15, -0.1) is 22.7 Å². The topological polar surface area (TPSA) is 54.9 Å². The minimum absolute atomic E-state index is 0.105. The Kier molecular flexibility index (Phi) is 4.30. The molecule has 26 heavy (non-hydrogen) atoms. The van der Waals surface area contributed by atoms with Crippen LogP contribution < -0.4 is 5.32 Å². The summed E-state index contributed by atoms with van der Waals surface area (Å²) in [6, 6.07) is 11.9. The summed E-state index contributed by atoms with van der Waals surface area (Å²) in [5.41, 5.74) is 3.70. The van der Waals surface area contributed by atoms with Gasteiger partial charge in [-0.25, -0.2) is 9.97 Å². The minimum atomic E-state index is -0.105. The van der Waals surface area contributed by atoms with Gasteiger partial charge in [0.15, 0.2) is 0 Å². The Morgan fingerprint density at radius 1 is 1.04 bits per heavy atom. The van der Waals surface area contributed by atoms with Crippen molar-refractivity contribution >= 4 is 44.5 Å². The maximum Gasteiger partial charge on any atom is 0.266 e. The third-order valence-corrected chi connectivity index (χ3v) is 6.34. The highest BCUT2D eigenvalue weighted by atomic mass is 32.1. The first-order valence-electron chi connectivity index (χ1n) is 8.23.